The van der Waals surface area contributed by atoms with Crippen molar-refractivity contribution in [3.8, 4) is 0 Å². The molecule has 0 saturated heterocycles. The van der Waals surface area contributed by atoms with E-state index in [0.29, 0.717) is 13.0 Å². The molecular weight excluding hydrogens is 633 g/mol. The van der Waals surface area contributed by atoms with Crippen molar-refractivity contribution >= 4 is 19.8 Å². The fourth-order valence-corrected chi connectivity index (χ4v) is 5.57. The Morgan fingerprint density at radius 3 is 1.81 bits per heavy atom. The fourth-order valence-electron chi connectivity index (χ4n) is 4.79. The van der Waals surface area contributed by atoms with Gasteiger partial charge in [-0.05, 0) is 44.9 Å². The average Bonchev–Trinajstić information content (AvgIpc) is 3.06. The third-order valence-corrected chi connectivity index (χ3v) is 8.63. The lowest BCUT2D eigenvalue weighted by atomic mass is 10.1. The van der Waals surface area contributed by atoms with Crippen LogP contribution in [0.5, 0.6) is 0 Å². The van der Waals surface area contributed by atoms with Crippen LogP contribution < -0.4 is 5.73 Å². The van der Waals surface area contributed by atoms with Gasteiger partial charge in [-0.1, -0.05) is 134 Å². The summed E-state index contributed by atoms with van der Waals surface area (Å²) in [5.41, 5.74) is 5.33. The number of aliphatic carboxylic acids is 1. The van der Waals surface area contributed by atoms with Crippen LogP contribution in [0.2, 0.25) is 0 Å². The minimum atomic E-state index is -4.61. The molecular formula is C37H68NO9P. The third-order valence-electron chi connectivity index (χ3n) is 7.68. The van der Waals surface area contributed by atoms with Crippen LogP contribution in [0.3, 0.4) is 0 Å². The first-order chi connectivity index (χ1) is 23.2. The maximum Gasteiger partial charge on any atom is 0.472 e. The maximum atomic E-state index is 12.5. The van der Waals surface area contributed by atoms with Gasteiger partial charge in [0.15, 0.2) is 0 Å². The van der Waals surface area contributed by atoms with Crippen LogP contribution >= 0.6 is 7.82 Å². The van der Waals surface area contributed by atoms with Crippen molar-refractivity contribution < 1.29 is 42.7 Å². The molecule has 0 rings (SSSR count). The van der Waals surface area contributed by atoms with E-state index < -0.39 is 45.1 Å². The van der Waals surface area contributed by atoms with Crippen LogP contribution in [0.25, 0.3) is 0 Å². The number of phosphoric acid groups is 1. The highest BCUT2D eigenvalue weighted by Gasteiger charge is 2.27. The number of carbonyl (C=O) groups is 2. The molecule has 0 bridgehead atoms. The summed E-state index contributed by atoms with van der Waals surface area (Å²) in [6.45, 7) is 3.72. The van der Waals surface area contributed by atoms with Crippen LogP contribution in [0.1, 0.15) is 149 Å². The van der Waals surface area contributed by atoms with E-state index in [9.17, 15) is 19.0 Å². The topological polar surface area (TPSA) is 155 Å². The van der Waals surface area contributed by atoms with Crippen molar-refractivity contribution in [2.24, 2.45) is 5.73 Å². The zero-order valence-corrected chi connectivity index (χ0v) is 31.0. The monoisotopic (exact) mass is 701 g/mol. The Kier molecular flexibility index (Phi) is 32.4. The SMILES string of the molecule is CC/C=C\C/C=C\C/C=C\CCCCCCCCCC(=O)OC(COCCCCCCCCCCC)COP(=O)(O)OCC(N)C(=O)O. The molecule has 4 N–H and O–H groups in total. The molecule has 0 aromatic heterocycles. The number of carboxylic acid groups (broad SMARTS) is 1. The quantitative estimate of drug-likeness (QED) is 0.0252. The molecule has 0 aromatic carbocycles. The molecule has 0 saturated carbocycles. The number of rotatable bonds is 35. The van der Waals surface area contributed by atoms with Gasteiger partial charge in [-0.25, -0.2) is 4.57 Å². The van der Waals surface area contributed by atoms with E-state index in [4.69, 9.17) is 24.8 Å². The summed E-state index contributed by atoms with van der Waals surface area (Å²) in [6.07, 6.45) is 34.8. The number of unbranched alkanes of at least 4 members (excludes halogenated alkanes) is 15. The summed E-state index contributed by atoms with van der Waals surface area (Å²) in [5.74, 6) is -1.79. The number of carbonyl (C=O) groups excluding carboxylic acids is 1. The summed E-state index contributed by atoms with van der Waals surface area (Å²) in [6, 6.07) is -1.47. The molecule has 3 atom stereocenters. The fraction of sp³-hybridized carbons (Fsp3) is 0.784. The van der Waals surface area contributed by atoms with Crippen LogP contribution in [0.4, 0.5) is 0 Å². The van der Waals surface area contributed by atoms with Crippen molar-refractivity contribution in [2.75, 3.05) is 26.4 Å². The minimum Gasteiger partial charge on any atom is -0.480 e. The zero-order chi connectivity index (χ0) is 35.6. The first kappa shape index (κ1) is 46.2. The van der Waals surface area contributed by atoms with Gasteiger partial charge in [-0.15, -0.1) is 0 Å². The summed E-state index contributed by atoms with van der Waals surface area (Å²) in [5, 5.41) is 8.85. The summed E-state index contributed by atoms with van der Waals surface area (Å²) in [7, 11) is -4.61. The van der Waals surface area contributed by atoms with Crippen LogP contribution in [0, 0.1) is 0 Å². The van der Waals surface area contributed by atoms with Crippen LogP contribution in [-0.4, -0.2) is 60.5 Å². The molecule has 0 amide bonds. The number of ether oxygens (including phenoxy) is 2. The van der Waals surface area contributed by atoms with Gasteiger partial charge in [0.25, 0.3) is 0 Å². The summed E-state index contributed by atoms with van der Waals surface area (Å²) in [4.78, 5) is 33.3. The lowest BCUT2D eigenvalue weighted by molar-refractivity contribution is -0.154. The lowest BCUT2D eigenvalue weighted by Gasteiger charge is -2.20. The second-order valence-electron chi connectivity index (χ2n) is 12.3. The minimum absolute atomic E-state index is 0.0138. The van der Waals surface area contributed by atoms with Crippen molar-refractivity contribution in [1.29, 1.82) is 0 Å². The number of hydrogen-bond acceptors (Lipinski definition) is 8. The number of nitrogens with two attached hydrogens (primary N) is 1. The molecule has 0 heterocycles. The van der Waals surface area contributed by atoms with Gasteiger partial charge in [0.1, 0.15) is 12.1 Å². The van der Waals surface area contributed by atoms with Crippen molar-refractivity contribution in [1.82, 2.24) is 0 Å². The number of hydrogen-bond donors (Lipinski definition) is 3. The molecule has 280 valence electrons. The van der Waals surface area contributed by atoms with E-state index in [2.05, 4.69) is 54.8 Å². The third kappa shape index (κ3) is 32.7. The largest absolute Gasteiger partial charge is 0.480 e. The molecule has 0 aromatic rings. The number of carboxylic acids is 1. The summed E-state index contributed by atoms with van der Waals surface area (Å²) < 4.78 is 33.1. The van der Waals surface area contributed by atoms with Crippen molar-refractivity contribution in [2.45, 2.75) is 161 Å². The van der Waals surface area contributed by atoms with Gasteiger partial charge in [0.2, 0.25) is 0 Å². The smallest absolute Gasteiger partial charge is 0.472 e. The normalized spacial score (nSPS) is 14.6. The standard InChI is InChI=1S/C37H68NO9P/c1-3-5-7-9-11-13-14-15-16-17-18-19-20-21-23-25-27-29-36(39)47-34(32-45-48(42,43)46-33-35(38)37(40)41)31-44-30-28-26-24-22-12-10-8-6-4-2/h5,7,11,13,15-16,34-35H,3-4,6,8-10,12,14,17-33,38H2,1-2H3,(H,40,41)(H,42,43)/b7-5-,13-11-,16-15-. The van der Waals surface area contributed by atoms with Gasteiger partial charge < -0.3 is 25.2 Å². The Morgan fingerprint density at radius 1 is 0.688 bits per heavy atom. The zero-order valence-electron chi connectivity index (χ0n) is 30.1. The van der Waals surface area contributed by atoms with Crippen molar-refractivity contribution in [3.63, 3.8) is 0 Å². The van der Waals surface area contributed by atoms with Gasteiger partial charge >= 0.3 is 19.8 Å². The molecule has 0 radical (unpaired) electrons. The first-order valence-electron chi connectivity index (χ1n) is 18.5. The van der Waals surface area contributed by atoms with E-state index in [0.717, 1.165) is 64.2 Å². The highest BCUT2D eigenvalue weighted by Crippen LogP contribution is 2.43. The van der Waals surface area contributed by atoms with Gasteiger partial charge in [-0.2, -0.15) is 0 Å². The second-order valence-corrected chi connectivity index (χ2v) is 13.8. The molecule has 3 unspecified atom stereocenters. The predicted octanol–water partition coefficient (Wildman–Crippen LogP) is 9.36. The molecule has 0 fully saturated rings. The number of allylic oxidation sites excluding steroid dienone is 6. The maximum absolute atomic E-state index is 12.5. The van der Waals surface area contributed by atoms with Crippen LogP contribution in [-0.2, 0) is 32.7 Å². The second kappa shape index (κ2) is 33.7. The Morgan fingerprint density at radius 2 is 1.21 bits per heavy atom. The Bertz CT molecular complexity index is 909. The molecule has 10 nitrogen and oxygen atoms in total. The van der Waals surface area contributed by atoms with E-state index in [1.54, 1.807) is 0 Å². The van der Waals surface area contributed by atoms with E-state index in [1.165, 1.54) is 57.8 Å². The van der Waals surface area contributed by atoms with E-state index >= 15 is 0 Å². The highest BCUT2D eigenvalue weighted by molar-refractivity contribution is 7.47. The van der Waals surface area contributed by atoms with Crippen molar-refractivity contribution in [3.05, 3.63) is 36.5 Å². The van der Waals surface area contributed by atoms with E-state index in [1.807, 2.05) is 0 Å². The Hall–Kier alpha value is -1.81. The molecule has 0 aliphatic heterocycles. The molecule has 0 aliphatic carbocycles. The lowest BCUT2D eigenvalue weighted by Crippen LogP contribution is -2.34. The van der Waals surface area contributed by atoms with Gasteiger partial charge in [0.05, 0.1) is 19.8 Å². The molecule has 11 heteroatoms. The van der Waals surface area contributed by atoms with Gasteiger partial charge in [0, 0.05) is 13.0 Å². The predicted molar refractivity (Wildman–Crippen MR) is 194 cm³/mol. The Labute approximate surface area is 291 Å². The highest BCUT2D eigenvalue weighted by atomic mass is 31.2. The molecule has 48 heavy (non-hydrogen) atoms. The number of esters is 1. The number of phosphoric ester groups is 1. The van der Waals surface area contributed by atoms with Crippen LogP contribution in [0.15, 0.2) is 36.5 Å². The molecule has 0 spiro atoms. The average molecular weight is 702 g/mol. The molecule has 0 aliphatic rings. The first-order valence-corrected chi connectivity index (χ1v) is 20.0. The van der Waals surface area contributed by atoms with Gasteiger partial charge in [-0.3, -0.25) is 18.6 Å². The Balaban J connectivity index is 4.29. The summed E-state index contributed by atoms with van der Waals surface area (Å²) >= 11 is 0. The van der Waals surface area contributed by atoms with E-state index in [-0.39, 0.29) is 13.0 Å².